The maximum absolute atomic E-state index is 12.0. The van der Waals surface area contributed by atoms with Gasteiger partial charge in [-0.3, -0.25) is 4.79 Å². The molecule has 0 aliphatic rings. The van der Waals surface area contributed by atoms with Crippen molar-refractivity contribution >= 4 is 28.5 Å². The second-order valence-corrected chi connectivity index (χ2v) is 5.52. The van der Waals surface area contributed by atoms with Gasteiger partial charge in [0.2, 0.25) is 0 Å². The lowest BCUT2D eigenvalue weighted by Gasteiger charge is -2.33. The number of likely N-dealkylation sites (N-methyl/N-ethyl adjacent to an activating group) is 1. The third-order valence-electron chi connectivity index (χ3n) is 2.99. The minimum atomic E-state index is -0.201. The lowest BCUT2D eigenvalue weighted by atomic mass is 9.96. The summed E-state index contributed by atoms with van der Waals surface area (Å²) in [5.41, 5.74) is 0.168. The van der Waals surface area contributed by atoms with Crippen molar-refractivity contribution in [3.63, 3.8) is 0 Å². The van der Waals surface area contributed by atoms with Crippen molar-refractivity contribution < 1.29 is 9.32 Å². The summed E-state index contributed by atoms with van der Waals surface area (Å²) in [6, 6.07) is 1.67. The smallest absolute Gasteiger partial charge is 0.273 e. The Morgan fingerprint density at radius 2 is 2.28 bits per heavy atom. The first-order chi connectivity index (χ1) is 8.40. The number of aromatic nitrogens is 1. The first kappa shape index (κ1) is 15.4. The van der Waals surface area contributed by atoms with E-state index in [-0.39, 0.29) is 17.5 Å². The number of alkyl halides is 1. The Balaban J connectivity index is 2.64. The zero-order valence-electron chi connectivity index (χ0n) is 11.2. The monoisotopic (exact) mass is 365 g/mol. The molecule has 0 fully saturated rings. The maximum atomic E-state index is 12.0. The molecule has 0 bridgehead atoms. The second kappa shape index (κ2) is 6.51. The molecule has 1 heterocycles. The molecule has 1 atom stereocenters. The summed E-state index contributed by atoms with van der Waals surface area (Å²) < 4.78 is 5.72. The van der Waals surface area contributed by atoms with Crippen molar-refractivity contribution in [1.82, 2.24) is 15.8 Å². The minimum Gasteiger partial charge on any atom is -0.360 e. The van der Waals surface area contributed by atoms with Crippen LogP contribution in [0.1, 0.15) is 43.9 Å². The lowest BCUT2D eigenvalue weighted by Crippen LogP contribution is -2.55. The largest absolute Gasteiger partial charge is 0.360 e. The highest BCUT2D eigenvalue weighted by molar-refractivity contribution is 14.1. The number of hydrogen-bond donors (Lipinski definition) is 2. The van der Waals surface area contributed by atoms with Crippen LogP contribution in [0, 0.1) is 0 Å². The zero-order valence-corrected chi connectivity index (χ0v) is 13.4. The Labute approximate surface area is 121 Å². The van der Waals surface area contributed by atoms with Gasteiger partial charge in [0, 0.05) is 17.6 Å². The number of nitrogens with one attached hydrogen (secondary N) is 2. The van der Waals surface area contributed by atoms with Crippen molar-refractivity contribution in [3.05, 3.63) is 17.5 Å². The van der Waals surface area contributed by atoms with E-state index in [1.165, 1.54) is 0 Å². The molecule has 1 aromatic rings. The number of nitrogens with zero attached hydrogens (tertiary/aromatic N) is 1. The number of carbonyl (C=O) groups is 1. The molecule has 1 rings (SSSR count). The van der Waals surface area contributed by atoms with Gasteiger partial charge in [-0.15, -0.1) is 0 Å². The summed E-state index contributed by atoms with van der Waals surface area (Å²) in [5, 5.41) is 10.0. The van der Waals surface area contributed by atoms with E-state index in [9.17, 15) is 4.79 Å². The SMILES string of the molecule is CCNC(C)(C)C(C)NC(=O)c1cc(CI)on1. The van der Waals surface area contributed by atoms with Crippen molar-refractivity contribution in [1.29, 1.82) is 0 Å². The van der Waals surface area contributed by atoms with Gasteiger partial charge in [0.05, 0.1) is 4.43 Å². The Morgan fingerprint density at radius 3 is 2.78 bits per heavy atom. The Morgan fingerprint density at radius 1 is 1.61 bits per heavy atom. The van der Waals surface area contributed by atoms with Crippen molar-refractivity contribution in [2.75, 3.05) is 6.54 Å². The van der Waals surface area contributed by atoms with Gasteiger partial charge in [-0.1, -0.05) is 34.7 Å². The van der Waals surface area contributed by atoms with E-state index in [1.54, 1.807) is 6.07 Å². The standard InChI is InChI=1S/C12H20IN3O2/c1-5-14-12(3,4)8(2)15-11(17)10-6-9(7-13)18-16-10/h6,8,14H,5,7H2,1-4H3,(H,15,17). The predicted octanol–water partition coefficient (Wildman–Crippen LogP) is 2.12. The van der Waals surface area contributed by atoms with Gasteiger partial charge < -0.3 is 15.2 Å². The topological polar surface area (TPSA) is 67.2 Å². The summed E-state index contributed by atoms with van der Waals surface area (Å²) in [7, 11) is 0. The van der Waals surface area contributed by atoms with Crippen molar-refractivity contribution in [2.24, 2.45) is 0 Å². The second-order valence-electron chi connectivity index (χ2n) is 4.76. The molecule has 6 heteroatoms. The van der Waals surface area contributed by atoms with Crippen LogP contribution in [0.25, 0.3) is 0 Å². The molecule has 102 valence electrons. The number of rotatable bonds is 6. The normalized spacial score (nSPS) is 13.4. The summed E-state index contributed by atoms with van der Waals surface area (Å²) in [5.74, 6) is 0.507. The average molecular weight is 365 g/mol. The summed E-state index contributed by atoms with van der Waals surface area (Å²) in [4.78, 5) is 12.0. The first-order valence-electron chi connectivity index (χ1n) is 5.98. The fraction of sp³-hybridized carbons (Fsp3) is 0.667. The number of hydrogen-bond acceptors (Lipinski definition) is 4. The quantitative estimate of drug-likeness (QED) is 0.599. The highest BCUT2D eigenvalue weighted by Gasteiger charge is 2.27. The molecule has 1 aromatic heterocycles. The van der Waals surface area contributed by atoms with Gasteiger partial charge in [-0.05, 0) is 27.3 Å². The third-order valence-corrected chi connectivity index (χ3v) is 3.74. The fourth-order valence-corrected chi connectivity index (χ4v) is 1.90. The number of halogens is 1. The summed E-state index contributed by atoms with van der Waals surface area (Å²) >= 11 is 2.16. The molecule has 0 saturated heterocycles. The molecule has 0 radical (unpaired) electrons. The highest BCUT2D eigenvalue weighted by atomic mass is 127. The van der Waals surface area contributed by atoms with Crippen LogP contribution in [-0.2, 0) is 4.43 Å². The van der Waals surface area contributed by atoms with Crippen molar-refractivity contribution in [3.8, 4) is 0 Å². The molecule has 0 aliphatic carbocycles. The van der Waals surface area contributed by atoms with E-state index in [0.29, 0.717) is 15.9 Å². The van der Waals surface area contributed by atoms with Crippen LogP contribution in [-0.4, -0.2) is 29.2 Å². The van der Waals surface area contributed by atoms with Crippen molar-refractivity contribution in [2.45, 2.75) is 43.7 Å². The van der Waals surface area contributed by atoms with Crippen LogP contribution in [0.5, 0.6) is 0 Å². The van der Waals surface area contributed by atoms with Gasteiger partial charge in [0.25, 0.3) is 5.91 Å². The average Bonchev–Trinajstić information content (AvgIpc) is 2.77. The molecule has 0 saturated carbocycles. The van der Waals surface area contributed by atoms with Gasteiger partial charge in [0.1, 0.15) is 5.76 Å². The lowest BCUT2D eigenvalue weighted by molar-refractivity contribution is 0.0908. The first-order valence-corrected chi connectivity index (χ1v) is 7.50. The molecule has 2 N–H and O–H groups in total. The van der Waals surface area contributed by atoms with E-state index < -0.39 is 0 Å². The van der Waals surface area contributed by atoms with E-state index in [4.69, 9.17) is 4.52 Å². The molecular weight excluding hydrogens is 345 g/mol. The molecule has 0 aliphatic heterocycles. The van der Waals surface area contributed by atoms with E-state index in [1.807, 2.05) is 13.8 Å². The van der Waals surface area contributed by atoms with E-state index >= 15 is 0 Å². The van der Waals surface area contributed by atoms with Gasteiger partial charge >= 0.3 is 0 Å². The molecule has 0 spiro atoms. The van der Waals surface area contributed by atoms with E-state index in [2.05, 4.69) is 52.2 Å². The summed E-state index contributed by atoms with van der Waals surface area (Å²) in [6.45, 7) is 8.98. The predicted molar refractivity (Wildman–Crippen MR) is 78.9 cm³/mol. The van der Waals surface area contributed by atoms with Crippen LogP contribution in [0.2, 0.25) is 0 Å². The zero-order chi connectivity index (χ0) is 13.8. The van der Waals surface area contributed by atoms with Crippen LogP contribution < -0.4 is 10.6 Å². The van der Waals surface area contributed by atoms with Crippen LogP contribution in [0.15, 0.2) is 10.6 Å². The minimum absolute atomic E-state index is 0.00954. The van der Waals surface area contributed by atoms with E-state index in [0.717, 1.165) is 6.54 Å². The Hall–Kier alpha value is -0.630. The molecular formula is C12H20IN3O2. The molecule has 18 heavy (non-hydrogen) atoms. The van der Waals surface area contributed by atoms with Crippen LogP contribution in [0.3, 0.4) is 0 Å². The third kappa shape index (κ3) is 3.94. The summed E-state index contributed by atoms with van der Waals surface area (Å²) in [6.07, 6.45) is 0. The van der Waals surface area contributed by atoms with Gasteiger partial charge in [0.15, 0.2) is 5.69 Å². The van der Waals surface area contributed by atoms with Crippen LogP contribution in [0.4, 0.5) is 0 Å². The highest BCUT2D eigenvalue weighted by Crippen LogP contribution is 2.11. The van der Waals surface area contributed by atoms with Gasteiger partial charge in [-0.2, -0.15) is 0 Å². The molecule has 5 nitrogen and oxygen atoms in total. The molecule has 1 unspecified atom stereocenters. The molecule has 1 amide bonds. The molecule has 0 aromatic carbocycles. The Bertz CT molecular complexity index is 404. The number of carbonyl (C=O) groups excluding carboxylic acids is 1. The van der Waals surface area contributed by atoms with Crippen LogP contribution >= 0.6 is 22.6 Å². The maximum Gasteiger partial charge on any atom is 0.273 e. The Kier molecular flexibility index (Phi) is 5.58. The fourth-order valence-electron chi connectivity index (χ4n) is 1.54. The van der Waals surface area contributed by atoms with Gasteiger partial charge in [-0.25, -0.2) is 0 Å². The number of amides is 1.